The highest BCUT2D eigenvalue weighted by Crippen LogP contribution is 2.25. The van der Waals surface area contributed by atoms with Crippen LogP contribution in [0.2, 0.25) is 0 Å². The van der Waals surface area contributed by atoms with Crippen molar-refractivity contribution in [3.05, 3.63) is 40.0 Å². The normalized spacial score (nSPS) is 12.2. The number of rotatable bonds is 5. The largest absolute Gasteiger partial charge is 0.464 e. The smallest absolute Gasteiger partial charge is 0.246 e. The van der Waals surface area contributed by atoms with Crippen LogP contribution in [0.15, 0.2) is 32.9 Å². The molecule has 0 saturated heterocycles. The van der Waals surface area contributed by atoms with E-state index in [0.717, 1.165) is 4.88 Å². The van der Waals surface area contributed by atoms with Crippen LogP contribution < -0.4 is 0 Å². The third kappa shape index (κ3) is 3.02. The van der Waals surface area contributed by atoms with Gasteiger partial charge in [-0.15, -0.1) is 22.9 Å². The molecule has 0 aliphatic heterocycles. The molecule has 0 unspecified atom stereocenters. The summed E-state index contributed by atoms with van der Waals surface area (Å²) in [7, 11) is -1.99. The molecule has 2 aromatic heterocycles. The van der Waals surface area contributed by atoms with Crippen molar-refractivity contribution in [1.82, 2.24) is 4.31 Å². The Morgan fingerprint density at radius 2 is 2.21 bits per heavy atom. The summed E-state index contributed by atoms with van der Waals surface area (Å²) in [5.74, 6) is 0.987. The number of hydrogen-bond acceptors (Lipinski definition) is 4. The molecule has 0 saturated carbocycles. The highest BCUT2D eigenvalue weighted by molar-refractivity contribution is 7.89. The fourth-order valence-electron chi connectivity index (χ4n) is 1.72. The highest BCUT2D eigenvalue weighted by atomic mass is 35.5. The van der Waals surface area contributed by atoms with E-state index in [1.54, 1.807) is 14.0 Å². The maximum atomic E-state index is 12.4. The first-order chi connectivity index (χ1) is 8.95. The van der Waals surface area contributed by atoms with Crippen LogP contribution in [0.25, 0.3) is 0 Å². The third-order valence-corrected chi connectivity index (χ3v) is 5.74. The molecule has 0 aliphatic carbocycles. The SMILES string of the molecule is Cc1oc(CCl)cc1S(=O)(=O)N(C)Cc1cccs1. The summed E-state index contributed by atoms with van der Waals surface area (Å²) < 4.78 is 31.5. The summed E-state index contributed by atoms with van der Waals surface area (Å²) in [5, 5.41) is 1.92. The summed E-state index contributed by atoms with van der Waals surface area (Å²) in [6.07, 6.45) is 0. The fraction of sp³-hybridized carbons (Fsp3) is 0.333. The molecular weight excluding hydrogens is 306 g/mol. The maximum Gasteiger partial charge on any atom is 0.246 e. The van der Waals surface area contributed by atoms with Gasteiger partial charge in [0.15, 0.2) is 0 Å². The molecule has 0 amide bonds. The van der Waals surface area contributed by atoms with Crippen molar-refractivity contribution >= 4 is 33.0 Å². The van der Waals surface area contributed by atoms with Gasteiger partial charge in [0.1, 0.15) is 16.4 Å². The van der Waals surface area contributed by atoms with Gasteiger partial charge in [0.25, 0.3) is 0 Å². The molecule has 0 N–H and O–H groups in total. The van der Waals surface area contributed by atoms with E-state index in [9.17, 15) is 8.42 Å². The molecule has 104 valence electrons. The Balaban J connectivity index is 2.28. The van der Waals surface area contributed by atoms with Crippen LogP contribution in [0, 0.1) is 6.92 Å². The van der Waals surface area contributed by atoms with E-state index in [0.29, 0.717) is 18.1 Å². The molecule has 0 bridgehead atoms. The van der Waals surface area contributed by atoms with Crippen LogP contribution in [0.1, 0.15) is 16.4 Å². The fourth-order valence-corrected chi connectivity index (χ4v) is 4.02. The lowest BCUT2D eigenvalue weighted by Crippen LogP contribution is -2.26. The first-order valence-corrected chi connectivity index (χ1v) is 8.44. The lowest BCUT2D eigenvalue weighted by molar-refractivity contribution is 0.461. The van der Waals surface area contributed by atoms with Gasteiger partial charge in [-0.05, 0) is 18.4 Å². The van der Waals surface area contributed by atoms with E-state index < -0.39 is 10.0 Å². The van der Waals surface area contributed by atoms with E-state index in [2.05, 4.69) is 0 Å². The van der Waals surface area contributed by atoms with E-state index in [4.69, 9.17) is 16.0 Å². The van der Waals surface area contributed by atoms with Gasteiger partial charge >= 0.3 is 0 Å². The van der Waals surface area contributed by atoms with Gasteiger partial charge in [0, 0.05) is 24.5 Å². The number of furan rings is 1. The topological polar surface area (TPSA) is 50.5 Å². The zero-order valence-corrected chi connectivity index (χ0v) is 13.0. The Bertz CT molecular complexity index is 647. The first-order valence-electron chi connectivity index (χ1n) is 5.59. The number of sulfonamides is 1. The van der Waals surface area contributed by atoms with E-state index in [-0.39, 0.29) is 10.8 Å². The van der Waals surface area contributed by atoms with Gasteiger partial charge in [0.05, 0.1) is 5.88 Å². The van der Waals surface area contributed by atoms with Crippen molar-refractivity contribution in [3.63, 3.8) is 0 Å². The van der Waals surface area contributed by atoms with Crippen molar-refractivity contribution in [2.45, 2.75) is 24.2 Å². The zero-order chi connectivity index (χ0) is 14.0. The molecule has 2 aromatic rings. The molecule has 0 aromatic carbocycles. The van der Waals surface area contributed by atoms with Gasteiger partial charge in [-0.25, -0.2) is 8.42 Å². The number of halogens is 1. The zero-order valence-electron chi connectivity index (χ0n) is 10.6. The monoisotopic (exact) mass is 319 g/mol. The molecule has 2 rings (SSSR count). The lowest BCUT2D eigenvalue weighted by atomic mass is 10.4. The van der Waals surface area contributed by atoms with Gasteiger partial charge in [0.2, 0.25) is 10.0 Å². The van der Waals surface area contributed by atoms with Gasteiger partial charge < -0.3 is 4.42 Å². The summed E-state index contributed by atoms with van der Waals surface area (Å²) in [4.78, 5) is 1.17. The van der Waals surface area contributed by atoms with Crippen LogP contribution in [0.5, 0.6) is 0 Å². The predicted octanol–water partition coefficient (Wildman–Crippen LogP) is 3.21. The van der Waals surface area contributed by atoms with E-state index in [1.807, 2.05) is 17.5 Å². The minimum Gasteiger partial charge on any atom is -0.464 e. The second kappa shape index (κ2) is 5.66. The minimum absolute atomic E-state index is 0.158. The average molecular weight is 320 g/mol. The average Bonchev–Trinajstić information content (AvgIpc) is 2.98. The second-order valence-electron chi connectivity index (χ2n) is 4.11. The number of hydrogen-bond donors (Lipinski definition) is 0. The number of thiophene rings is 1. The Labute approximate surface area is 121 Å². The van der Waals surface area contributed by atoms with Gasteiger partial charge in [-0.3, -0.25) is 0 Å². The van der Waals surface area contributed by atoms with Gasteiger partial charge in [-0.2, -0.15) is 4.31 Å². The summed E-state index contributed by atoms with van der Waals surface area (Å²) in [6, 6.07) is 5.29. The van der Waals surface area contributed by atoms with Crippen molar-refractivity contribution in [3.8, 4) is 0 Å². The Morgan fingerprint density at radius 1 is 1.47 bits per heavy atom. The summed E-state index contributed by atoms with van der Waals surface area (Å²) >= 11 is 7.18. The molecule has 0 atom stereocenters. The molecule has 0 aliphatic rings. The molecule has 0 radical (unpaired) electrons. The van der Waals surface area contributed by atoms with Crippen LogP contribution in [-0.4, -0.2) is 19.8 Å². The molecule has 2 heterocycles. The predicted molar refractivity (Wildman–Crippen MR) is 76.0 cm³/mol. The number of aryl methyl sites for hydroxylation is 1. The standard InChI is InChI=1S/C12H14ClNO3S2/c1-9-12(6-10(7-13)17-9)19(15,16)14(2)8-11-4-3-5-18-11/h3-6H,7-8H2,1-2H3. The van der Waals surface area contributed by atoms with Gasteiger partial charge in [-0.1, -0.05) is 6.07 Å². The van der Waals surface area contributed by atoms with Crippen molar-refractivity contribution in [2.75, 3.05) is 7.05 Å². The van der Waals surface area contributed by atoms with Crippen molar-refractivity contribution < 1.29 is 12.8 Å². The van der Waals surface area contributed by atoms with Crippen LogP contribution in [0.3, 0.4) is 0 Å². The molecular formula is C12H14ClNO3S2. The van der Waals surface area contributed by atoms with Crippen LogP contribution in [0.4, 0.5) is 0 Å². The number of alkyl halides is 1. The Hall–Kier alpha value is -0.820. The second-order valence-corrected chi connectivity index (χ2v) is 7.42. The molecule has 0 fully saturated rings. The Kier molecular flexibility index (Phi) is 4.35. The number of nitrogens with zero attached hydrogens (tertiary/aromatic N) is 1. The van der Waals surface area contributed by atoms with Crippen molar-refractivity contribution in [2.24, 2.45) is 0 Å². The highest BCUT2D eigenvalue weighted by Gasteiger charge is 2.26. The van der Waals surface area contributed by atoms with E-state index >= 15 is 0 Å². The van der Waals surface area contributed by atoms with E-state index in [1.165, 1.54) is 21.7 Å². The molecule has 4 nitrogen and oxygen atoms in total. The summed E-state index contributed by atoms with van der Waals surface area (Å²) in [6.45, 7) is 1.97. The maximum absolute atomic E-state index is 12.4. The molecule has 0 spiro atoms. The lowest BCUT2D eigenvalue weighted by Gasteiger charge is -2.15. The molecule has 7 heteroatoms. The van der Waals surface area contributed by atoms with Crippen molar-refractivity contribution in [1.29, 1.82) is 0 Å². The minimum atomic E-state index is -3.55. The molecule has 19 heavy (non-hydrogen) atoms. The first kappa shape index (κ1) is 14.6. The quantitative estimate of drug-likeness (QED) is 0.795. The summed E-state index contributed by atoms with van der Waals surface area (Å²) in [5.41, 5.74) is 0. The van der Waals surface area contributed by atoms with Crippen LogP contribution >= 0.6 is 22.9 Å². The van der Waals surface area contributed by atoms with Crippen LogP contribution in [-0.2, 0) is 22.4 Å². The third-order valence-electron chi connectivity index (χ3n) is 2.70. The Morgan fingerprint density at radius 3 is 2.74 bits per heavy atom.